The third-order valence-corrected chi connectivity index (χ3v) is 6.55. The Morgan fingerprint density at radius 1 is 0.865 bits per heavy atom. The molecule has 6 nitrogen and oxygen atoms in total. The van der Waals surface area contributed by atoms with Crippen LogP contribution in [0.25, 0.3) is 22.1 Å². The summed E-state index contributed by atoms with van der Waals surface area (Å²) in [5, 5.41) is 0.860. The summed E-state index contributed by atoms with van der Waals surface area (Å²) in [6.45, 7) is 1.46. The van der Waals surface area contributed by atoms with Crippen molar-refractivity contribution in [2.75, 3.05) is 18.7 Å². The molecule has 0 radical (unpaired) electrons. The second-order valence-electron chi connectivity index (χ2n) is 8.87. The first-order valence-corrected chi connectivity index (χ1v) is 12.1. The molecule has 0 N–H and O–H groups in total. The molecule has 5 aromatic rings. The molecule has 0 fully saturated rings. The van der Waals surface area contributed by atoms with Gasteiger partial charge in [0.05, 0.1) is 19.2 Å². The first-order valence-electron chi connectivity index (χ1n) is 12.1. The second kappa shape index (κ2) is 9.74. The molecule has 1 aliphatic rings. The van der Waals surface area contributed by atoms with E-state index < -0.39 is 5.63 Å². The van der Waals surface area contributed by atoms with Crippen LogP contribution in [0.3, 0.4) is 0 Å². The minimum Gasteiger partial charge on any atom is -0.497 e. The number of ether oxygens (including phenoxy) is 3. The van der Waals surface area contributed by atoms with Crippen molar-refractivity contribution in [3.63, 3.8) is 0 Å². The molecule has 0 bridgehead atoms. The highest BCUT2D eigenvalue weighted by Crippen LogP contribution is 2.37. The molecule has 1 aromatic heterocycles. The van der Waals surface area contributed by atoms with Crippen LogP contribution in [-0.4, -0.2) is 13.8 Å². The molecule has 37 heavy (non-hydrogen) atoms. The van der Waals surface area contributed by atoms with Gasteiger partial charge in [0.2, 0.25) is 0 Å². The van der Waals surface area contributed by atoms with E-state index in [9.17, 15) is 4.79 Å². The molecular weight excluding hydrogens is 466 g/mol. The van der Waals surface area contributed by atoms with Crippen molar-refractivity contribution in [3.05, 3.63) is 119 Å². The predicted octanol–water partition coefficient (Wildman–Crippen LogP) is 6.40. The highest BCUT2D eigenvalue weighted by atomic mass is 16.5. The van der Waals surface area contributed by atoms with Crippen molar-refractivity contribution in [1.29, 1.82) is 0 Å². The van der Waals surface area contributed by atoms with Crippen LogP contribution >= 0.6 is 0 Å². The van der Waals surface area contributed by atoms with Crippen molar-refractivity contribution in [1.82, 2.24) is 0 Å². The summed E-state index contributed by atoms with van der Waals surface area (Å²) in [4.78, 5) is 14.7. The van der Waals surface area contributed by atoms with Crippen molar-refractivity contribution in [2.45, 2.75) is 13.2 Å². The predicted molar refractivity (Wildman–Crippen MR) is 143 cm³/mol. The largest absolute Gasteiger partial charge is 0.497 e. The molecule has 6 heteroatoms. The average molecular weight is 492 g/mol. The van der Waals surface area contributed by atoms with Gasteiger partial charge in [-0.3, -0.25) is 0 Å². The molecule has 6 rings (SSSR count). The van der Waals surface area contributed by atoms with Crippen molar-refractivity contribution >= 4 is 16.7 Å². The van der Waals surface area contributed by atoms with Gasteiger partial charge in [0.1, 0.15) is 29.4 Å². The fourth-order valence-corrected chi connectivity index (χ4v) is 4.60. The maximum atomic E-state index is 12.6. The maximum Gasteiger partial charge on any atom is 0.336 e. The normalized spacial score (nSPS) is 12.6. The van der Waals surface area contributed by atoms with Gasteiger partial charge in [-0.05, 0) is 65.2 Å². The van der Waals surface area contributed by atoms with Crippen molar-refractivity contribution < 1.29 is 18.6 Å². The fraction of sp³-hybridized carbons (Fsp3) is 0.129. The molecule has 0 spiro atoms. The number of hydrogen-bond donors (Lipinski definition) is 0. The van der Waals surface area contributed by atoms with Crippen LogP contribution in [0.2, 0.25) is 0 Å². The second-order valence-corrected chi connectivity index (χ2v) is 8.87. The first kappa shape index (κ1) is 22.7. The molecule has 0 atom stereocenters. The number of benzene rings is 4. The zero-order valence-electron chi connectivity index (χ0n) is 20.3. The highest BCUT2D eigenvalue weighted by molar-refractivity contribution is 5.96. The number of fused-ring (bicyclic) bond motifs is 3. The van der Waals surface area contributed by atoms with Gasteiger partial charge in [0.15, 0.2) is 6.73 Å². The third-order valence-electron chi connectivity index (χ3n) is 6.55. The molecular formula is C31H25NO5. The van der Waals surface area contributed by atoms with Crippen LogP contribution in [0.1, 0.15) is 11.1 Å². The summed E-state index contributed by atoms with van der Waals surface area (Å²) in [5.41, 5.74) is 4.83. The Morgan fingerprint density at radius 2 is 1.62 bits per heavy atom. The van der Waals surface area contributed by atoms with E-state index in [4.69, 9.17) is 18.6 Å². The molecule has 0 unspecified atom stereocenters. The Balaban J connectivity index is 1.28. The molecule has 184 valence electrons. The standard InChI is InChI=1S/C31H25NO5/c1-34-24-11-7-22(8-12-24)27-17-30(33)37-31-26(27)15-16-29-28(31)18-32(20-36-29)23-9-13-25(14-10-23)35-19-21-5-3-2-4-6-21/h2-17H,18-20H2,1H3. The summed E-state index contributed by atoms with van der Waals surface area (Å²) in [7, 11) is 1.63. The van der Waals surface area contributed by atoms with Crippen molar-refractivity contribution in [2.24, 2.45) is 0 Å². The molecule has 0 saturated carbocycles. The van der Waals surface area contributed by atoms with Crippen molar-refractivity contribution in [3.8, 4) is 28.4 Å². The van der Waals surface area contributed by atoms with E-state index in [1.165, 1.54) is 6.07 Å². The van der Waals surface area contributed by atoms with E-state index in [0.29, 0.717) is 25.5 Å². The lowest BCUT2D eigenvalue weighted by molar-refractivity contribution is 0.288. The van der Waals surface area contributed by atoms with E-state index in [1.807, 2.05) is 91.0 Å². The van der Waals surface area contributed by atoms with E-state index in [2.05, 4.69) is 4.90 Å². The van der Waals surface area contributed by atoms with Gasteiger partial charge in [-0.15, -0.1) is 0 Å². The quantitative estimate of drug-likeness (QED) is 0.256. The Morgan fingerprint density at radius 3 is 2.38 bits per heavy atom. The van der Waals surface area contributed by atoms with E-state index >= 15 is 0 Å². The Labute approximate surface area is 214 Å². The zero-order chi connectivity index (χ0) is 25.2. The summed E-state index contributed by atoms with van der Waals surface area (Å²) < 4.78 is 23.0. The average Bonchev–Trinajstić information content (AvgIpc) is 2.96. The molecule has 2 heterocycles. The highest BCUT2D eigenvalue weighted by Gasteiger charge is 2.23. The van der Waals surface area contributed by atoms with Crippen LogP contribution in [-0.2, 0) is 13.2 Å². The van der Waals surface area contributed by atoms with Crippen LogP contribution in [0, 0.1) is 0 Å². The Bertz CT molecular complexity index is 1590. The first-order chi connectivity index (χ1) is 18.2. The number of anilines is 1. The van der Waals surface area contributed by atoms with Gasteiger partial charge < -0.3 is 23.5 Å². The Hall–Kier alpha value is -4.71. The fourth-order valence-electron chi connectivity index (χ4n) is 4.60. The molecule has 0 saturated heterocycles. The number of hydrogen-bond acceptors (Lipinski definition) is 6. The van der Waals surface area contributed by atoms with Gasteiger partial charge in [-0.2, -0.15) is 0 Å². The topological polar surface area (TPSA) is 61.1 Å². The van der Waals surface area contributed by atoms with Crippen LogP contribution in [0.5, 0.6) is 17.2 Å². The molecule has 1 aliphatic heterocycles. The maximum absolute atomic E-state index is 12.6. The van der Waals surface area contributed by atoms with Crippen LogP contribution in [0.15, 0.2) is 106 Å². The van der Waals surface area contributed by atoms with E-state index in [-0.39, 0.29) is 0 Å². The SMILES string of the molecule is COc1ccc(-c2cc(=O)oc3c4c(ccc23)OCN(c2ccc(OCc3ccccc3)cc2)C4)cc1. The third kappa shape index (κ3) is 4.61. The van der Waals surface area contributed by atoms with Gasteiger partial charge in [-0.1, -0.05) is 42.5 Å². The number of nitrogens with zero attached hydrogens (tertiary/aromatic N) is 1. The molecule has 0 aliphatic carbocycles. The Kier molecular flexibility index (Phi) is 5.98. The number of methoxy groups -OCH3 is 1. The molecule has 4 aromatic carbocycles. The van der Waals surface area contributed by atoms with Gasteiger partial charge >= 0.3 is 5.63 Å². The van der Waals surface area contributed by atoms with E-state index in [1.54, 1.807) is 7.11 Å². The zero-order valence-corrected chi connectivity index (χ0v) is 20.3. The van der Waals surface area contributed by atoms with Gasteiger partial charge in [0.25, 0.3) is 0 Å². The minimum absolute atomic E-state index is 0.394. The lowest BCUT2D eigenvalue weighted by Crippen LogP contribution is -2.32. The summed E-state index contributed by atoms with van der Waals surface area (Å²) >= 11 is 0. The minimum atomic E-state index is -0.399. The smallest absolute Gasteiger partial charge is 0.336 e. The van der Waals surface area contributed by atoms with E-state index in [0.717, 1.165) is 50.6 Å². The molecule has 0 amide bonds. The number of rotatable bonds is 6. The van der Waals surface area contributed by atoms with Gasteiger partial charge in [-0.25, -0.2) is 4.79 Å². The monoisotopic (exact) mass is 491 g/mol. The lowest BCUT2D eigenvalue weighted by Gasteiger charge is -2.31. The summed E-state index contributed by atoms with van der Waals surface area (Å²) in [6, 6.07) is 31.1. The van der Waals surface area contributed by atoms with Gasteiger partial charge in [0, 0.05) is 17.1 Å². The summed E-state index contributed by atoms with van der Waals surface area (Å²) in [6.07, 6.45) is 0. The summed E-state index contributed by atoms with van der Waals surface area (Å²) in [5.74, 6) is 2.28. The van der Waals surface area contributed by atoms with Crippen LogP contribution in [0.4, 0.5) is 5.69 Å². The lowest BCUT2D eigenvalue weighted by atomic mass is 9.99. The van der Waals surface area contributed by atoms with Crippen LogP contribution < -0.4 is 24.7 Å².